The predicted molar refractivity (Wildman–Crippen MR) is 77.6 cm³/mol. The smallest absolute Gasteiger partial charge is 0.380 e. The molecule has 2 aromatic carbocycles. The van der Waals surface area contributed by atoms with Crippen LogP contribution in [0.15, 0.2) is 46.9 Å². The van der Waals surface area contributed by atoms with Gasteiger partial charge in [-0.1, -0.05) is 18.2 Å². The van der Waals surface area contributed by atoms with E-state index in [9.17, 15) is 13.2 Å². The number of hydrogen-bond donors (Lipinski definition) is 1. The Morgan fingerprint density at radius 3 is 2.30 bits per heavy atom. The number of rotatable bonds is 3. The Kier molecular flexibility index (Phi) is 4.38. The molecule has 0 atom stereocenters. The second-order valence-electron chi connectivity index (χ2n) is 4.53. The highest BCUT2D eigenvalue weighted by molar-refractivity contribution is 9.10. The Morgan fingerprint density at radius 2 is 1.70 bits per heavy atom. The second-order valence-corrected chi connectivity index (χ2v) is 5.39. The summed E-state index contributed by atoms with van der Waals surface area (Å²) in [5, 5.41) is 3.20. The molecule has 0 aromatic heterocycles. The van der Waals surface area contributed by atoms with Crippen molar-refractivity contribution in [2.24, 2.45) is 0 Å². The lowest BCUT2D eigenvalue weighted by Gasteiger charge is -2.11. The summed E-state index contributed by atoms with van der Waals surface area (Å²) in [5.74, 6) is 0. The fraction of sp³-hybridized carbons (Fsp3) is 0.200. The summed E-state index contributed by atoms with van der Waals surface area (Å²) in [4.78, 5) is 0. The maximum absolute atomic E-state index is 12.4. The first-order valence-electron chi connectivity index (χ1n) is 6.02. The lowest BCUT2D eigenvalue weighted by atomic mass is 10.1. The lowest BCUT2D eigenvalue weighted by Crippen LogP contribution is -2.05. The molecule has 0 heterocycles. The molecule has 0 amide bonds. The van der Waals surface area contributed by atoms with Gasteiger partial charge in [0.15, 0.2) is 0 Å². The topological polar surface area (TPSA) is 12.0 Å². The molecule has 2 aromatic rings. The normalized spacial score (nSPS) is 11.4. The molecule has 0 saturated carbocycles. The van der Waals surface area contributed by atoms with Gasteiger partial charge in [-0.2, -0.15) is 13.2 Å². The molecule has 0 aliphatic carbocycles. The van der Waals surface area contributed by atoms with Crippen molar-refractivity contribution in [3.8, 4) is 0 Å². The molecule has 0 bridgehead atoms. The van der Waals surface area contributed by atoms with E-state index in [0.717, 1.165) is 33.4 Å². The Morgan fingerprint density at radius 1 is 1.05 bits per heavy atom. The van der Waals surface area contributed by atoms with Gasteiger partial charge in [0.05, 0.1) is 5.56 Å². The summed E-state index contributed by atoms with van der Waals surface area (Å²) < 4.78 is 38.3. The van der Waals surface area contributed by atoms with Crippen LogP contribution in [0.1, 0.15) is 16.7 Å². The SMILES string of the molecule is Cc1ccc(Br)c(NCc2ccc(C(F)(F)F)cc2)c1. The average Bonchev–Trinajstić information content (AvgIpc) is 2.39. The van der Waals surface area contributed by atoms with Crippen molar-refractivity contribution in [3.05, 3.63) is 63.6 Å². The third-order valence-corrected chi connectivity index (χ3v) is 3.58. The third kappa shape index (κ3) is 3.76. The van der Waals surface area contributed by atoms with Crippen LogP contribution in [0, 0.1) is 6.92 Å². The minimum absolute atomic E-state index is 0.472. The lowest BCUT2D eigenvalue weighted by molar-refractivity contribution is -0.137. The Labute approximate surface area is 123 Å². The van der Waals surface area contributed by atoms with Crippen LogP contribution in [-0.2, 0) is 12.7 Å². The van der Waals surface area contributed by atoms with Crippen LogP contribution >= 0.6 is 15.9 Å². The number of anilines is 1. The van der Waals surface area contributed by atoms with Gasteiger partial charge in [0.1, 0.15) is 0 Å². The van der Waals surface area contributed by atoms with Crippen LogP contribution in [0.5, 0.6) is 0 Å². The van der Waals surface area contributed by atoms with Crippen molar-refractivity contribution in [3.63, 3.8) is 0 Å². The fourth-order valence-electron chi connectivity index (χ4n) is 1.78. The van der Waals surface area contributed by atoms with Gasteiger partial charge in [-0.15, -0.1) is 0 Å². The quantitative estimate of drug-likeness (QED) is 0.787. The second kappa shape index (κ2) is 5.87. The predicted octanol–water partition coefficient (Wildman–Crippen LogP) is 5.39. The maximum Gasteiger partial charge on any atom is 0.416 e. The third-order valence-electron chi connectivity index (χ3n) is 2.89. The molecule has 5 heteroatoms. The van der Waals surface area contributed by atoms with Gasteiger partial charge < -0.3 is 5.32 Å². The highest BCUT2D eigenvalue weighted by Gasteiger charge is 2.29. The van der Waals surface area contributed by atoms with Gasteiger partial charge in [0.25, 0.3) is 0 Å². The molecule has 0 spiro atoms. The zero-order valence-corrected chi connectivity index (χ0v) is 12.3. The molecular formula is C15H13BrF3N. The summed E-state index contributed by atoms with van der Waals surface area (Å²) in [6.45, 7) is 2.45. The zero-order chi connectivity index (χ0) is 14.8. The largest absolute Gasteiger partial charge is 0.416 e. The van der Waals surface area contributed by atoms with Crippen molar-refractivity contribution in [1.29, 1.82) is 0 Å². The van der Waals surface area contributed by atoms with Crippen molar-refractivity contribution in [1.82, 2.24) is 0 Å². The van der Waals surface area contributed by atoms with Gasteiger partial charge in [0.2, 0.25) is 0 Å². The molecule has 1 nitrogen and oxygen atoms in total. The van der Waals surface area contributed by atoms with E-state index in [4.69, 9.17) is 0 Å². The van der Waals surface area contributed by atoms with Crippen molar-refractivity contribution in [2.45, 2.75) is 19.6 Å². The number of aryl methyl sites for hydroxylation is 1. The number of halogens is 4. The van der Waals surface area contributed by atoms with Crippen LogP contribution in [-0.4, -0.2) is 0 Å². The summed E-state index contributed by atoms with van der Waals surface area (Å²) in [6.07, 6.45) is -4.29. The van der Waals surface area contributed by atoms with E-state index in [2.05, 4.69) is 21.2 Å². The summed E-state index contributed by atoms with van der Waals surface area (Å²) in [7, 11) is 0. The van der Waals surface area contributed by atoms with E-state index >= 15 is 0 Å². The summed E-state index contributed by atoms with van der Waals surface area (Å²) in [5.41, 5.74) is 2.21. The van der Waals surface area contributed by atoms with Gasteiger partial charge in [-0.05, 0) is 58.2 Å². The van der Waals surface area contributed by atoms with Crippen LogP contribution in [0.25, 0.3) is 0 Å². The van der Waals surface area contributed by atoms with Crippen LogP contribution in [0.2, 0.25) is 0 Å². The fourth-order valence-corrected chi connectivity index (χ4v) is 2.17. The van der Waals surface area contributed by atoms with E-state index in [1.807, 2.05) is 25.1 Å². The molecule has 0 unspecified atom stereocenters. The van der Waals surface area contributed by atoms with E-state index < -0.39 is 11.7 Å². The number of alkyl halides is 3. The van der Waals surface area contributed by atoms with Crippen molar-refractivity contribution >= 4 is 21.6 Å². The number of benzene rings is 2. The van der Waals surface area contributed by atoms with E-state index in [1.165, 1.54) is 12.1 Å². The van der Waals surface area contributed by atoms with Crippen LogP contribution < -0.4 is 5.32 Å². The Hall–Kier alpha value is -1.49. The molecule has 0 aliphatic heterocycles. The minimum Gasteiger partial charge on any atom is -0.380 e. The summed E-state index contributed by atoms with van der Waals surface area (Å²) in [6, 6.07) is 11.1. The minimum atomic E-state index is -4.29. The van der Waals surface area contributed by atoms with Gasteiger partial charge in [0, 0.05) is 16.7 Å². The van der Waals surface area contributed by atoms with Gasteiger partial charge in [-0.25, -0.2) is 0 Å². The molecule has 20 heavy (non-hydrogen) atoms. The molecular weight excluding hydrogens is 331 g/mol. The number of hydrogen-bond acceptors (Lipinski definition) is 1. The Bertz CT molecular complexity index is 591. The molecule has 0 radical (unpaired) electrons. The van der Waals surface area contributed by atoms with Gasteiger partial charge in [-0.3, -0.25) is 0 Å². The molecule has 0 aliphatic rings. The monoisotopic (exact) mass is 343 g/mol. The zero-order valence-electron chi connectivity index (χ0n) is 10.8. The molecule has 0 saturated heterocycles. The van der Waals surface area contributed by atoms with E-state index in [1.54, 1.807) is 0 Å². The Balaban J connectivity index is 2.06. The van der Waals surface area contributed by atoms with E-state index in [0.29, 0.717) is 6.54 Å². The van der Waals surface area contributed by atoms with Crippen molar-refractivity contribution < 1.29 is 13.2 Å². The van der Waals surface area contributed by atoms with E-state index in [-0.39, 0.29) is 0 Å². The highest BCUT2D eigenvalue weighted by atomic mass is 79.9. The van der Waals surface area contributed by atoms with Crippen molar-refractivity contribution in [2.75, 3.05) is 5.32 Å². The van der Waals surface area contributed by atoms with Gasteiger partial charge >= 0.3 is 6.18 Å². The standard InChI is InChI=1S/C15H13BrF3N/c1-10-2-7-13(16)14(8-10)20-9-11-3-5-12(6-4-11)15(17,18)19/h2-8,20H,9H2,1H3. The first kappa shape index (κ1) is 14.9. The van der Waals surface area contributed by atoms with Crippen LogP contribution in [0.3, 0.4) is 0 Å². The molecule has 1 N–H and O–H groups in total. The average molecular weight is 344 g/mol. The first-order chi connectivity index (χ1) is 9.36. The van der Waals surface area contributed by atoms with Crippen LogP contribution in [0.4, 0.5) is 18.9 Å². The molecule has 2 rings (SSSR count). The maximum atomic E-state index is 12.4. The first-order valence-corrected chi connectivity index (χ1v) is 6.82. The highest BCUT2D eigenvalue weighted by Crippen LogP contribution is 2.29. The molecule has 0 fully saturated rings. The number of nitrogens with one attached hydrogen (secondary N) is 1. The summed E-state index contributed by atoms with van der Waals surface area (Å²) >= 11 is 3.43. The molecule has 106 valence electrons.